The number of hydrogen-bond acceptors (Lipinski definition) is 9. The van der Waals surface area contributed by atoms with E-state index in [-0.39, 0.29) is 24.1 Å². The fourth-order valence-corrected chi connectivity index (χ4v) is 5.99. The number of nitrogens with zero attached hydrogens (tertiary/aromatic N) is 4. The predicted octanol–water partition coefficient (Wildman–Crippen LogP) is 2.60. The molecule has 3 N–H and O–H groups in total. The van der Waals surface area contributed by atoms with Gasteiger partial charge >= 0.3 is 0 Å². The van der Waals surface area contributed by atoms with Gasteiger partial charge in [0.25, 0.3) is 0 Å². The zero-order valence-electron chi connectivity index (χ0n) is 22.6. The molecule has 1 aromatic heterocycles. The van der Waals surface area contributed by atoms with Crippen molar-refractivity contribution in [3.05, 3.63) is 48.0 Å². The number of amides is 1. The maximum Gasteiger partial charge on any atom is 0.237 e. The van der Waals surface area contributed by atoms with Crippen molar-refractivity contribution in [2.45, 2.75) is 30.9 Å². The van der Waals surface area contributed by atoms with E-state index in [0.29, 0.717) is 67.8 Å². The Hall–Kier alpha value is -3.48. The molecule has 11 nitrogen and oxygen atoms in total. The number of sulfonamides is 1. The van der Waals surface area contributed by atoms with Gasteiger partial charge in [0.15, 0.2) is 11.6 Å². The highest BCUT2D eigenvalue weighted by Gasteiger charge is 2.32. The van der Waals surface area contributed by atoms with Crippen LogP contribution in [-0.2, 0) is 21.2 Å². The molecular formula is C27H36N6O5S. The number of likely N-dealkylation sites (tertiary alicyclic amines) is 1. The van der Waals surface area contributed by atoms with E-state index in [4.69, 9.17) is 9.72 Å². The van der Waals surface area contributed by atoms with Crippen LogP contribution in [0.4, 0.5) is 17.3 Å². The quantitative estimate of drug-likeness (QED) is 0.325. The first-order valence-corrected chi connectivity index (χ1v) is 14.5. The second-order valence-electron chi connectivity index (χ2n) is 9.85. The minimum Gasteiger partial charge on any atom is -0.497 e. The van der Waals surface area contributed by atoms with Crippen molar-refractivity contribution >= 4 is 44.3 Å². The van der Waals surface area contributed by atoms with Crippen molar-refractivity contribution < 1.29 is 23.1 Å². The molecule has 1 aliphatic heterocycles. The van der Waals surface area contributed by atoms with Crippen molar-refractivity contribution in [3.8, 4) is 5.75 Å². The Labute approximate surface area is 229 Å². The number of aromatic nitrogens is 2. The first kappa shape index (κ1) is 28.5. The topological polar surface area (TPSA) is 137 Å². The summed E-state index contributed by atoms with van der Waals surface area (Å²) in [4.78, 5) is 25.2. The molecule has 4 rings (SSSR count). The Morgan fingerprint density at radius 2 is 1.77 bits per heavy atom. The summed E-state index contributed by atoms with van der Waals surface area (Å²) in [5.41, 5.74) is 2.76. The van der Waals surface area contributed by atoms with Crippen LogP contribution in [0.5, 0.6) is 5.75 Å². The van der Waals surface area contributed by atoms with Crippen LogP contribution in [-0.4, -0.2) is 91.9 Å². The predicted molar refractivity (Wildman–Crippen MR) is 152 cm³/mol. The number of fused-ring (bicyclic) bond motifs is 1. The zero-order valence-corrected chi connectivity index (χ0v) is 23.4. The molecule has 1 saturated heterocycles. The Kier molecular flexibility index (Phi) is 9.20. The van der Waals surface area contributed by atoms with E-state index < -0.39 is 15.3 Å². The van der Waals surface area contributed by atoms with Crippen LogP contribution in [0, 0.1) is 0 Å². The van der Waals surface area contributed by atoms with E-state index in [2.05, 4.69) is 15.0 Å². The molecule has 3 aromatic rings. The molecule has 39 heavy (non-hydrogen) atoms. The normalized spacial score (nSPS) is 14.5. The third-order valence-corrected chi connectivity index (χ3v) is 8.50. The van der Waals surface area contributed by atoms with Crippen molar-refractivity contribution in [2.24, 2.45) is 0 Å². The lowest BCUT2D eigenvalue weighted by atomic mass is 10.1. The zero-order chi connectivity index (χ0) is 28.0. The molecule has 12 heteroatoms. The maximum atomic E-state index is 13.5. The van der Waals surface area contributed by atoms with Crippen molar-refractivity contribution in [3.63, 3.8) is 0 Å². The molecule has 0 saturated carbocycles. The Balaban J connectivity index is 1.61. The van der Waals surface area contributed by atoms with Crippen LogP contribution >= 0.6 is 0 Å². The van der Waals surface area contributed by atoms with Gasteiger partial charge in [0.1, 0.15) is 5.75 Å². The van der Waals surface area contributed by atoms with Gasteiger partial charge in [0.2, 0.25) is 15.9 Å². The number of anilines is 3. The Morgan fingerprint density at radius 3 is 2.38 bits per heavy atom. The lowest BCUT2D eigenvalue weighted by Crippen LogP contribution is -2.46. The molecule has 1 amide bonds. The third-order valence-electron chi connectivity index (χ3n) is 6.67. The number of hydrogen-bond donors (Lipinski definition) is 3. The number of aliphatic hydroxyl groups is 1. The van der Waals surface area contributed by atoms with Gasteiger partial charge in [-0.1, -0.05) is 18.2 Å². The van der Waals surface area contributed by atoms with Gasteiger partial charge in [-0.15, -0.1) is 0 Å². The molecule has 2 heterocycles. The van der Waals surface area contributed by atoms with Crippen LogP contribution in [0.25, 0.3) is 11.0 Å². The van der Waals surface area contributed by atoms with E-state index in [1.165, 1.54) is 0 Å². The number of nitrogens with one attached hydrogen (secondary N) is 2. The third kappa shape index (κ3) is 7.14. The molecule has 0 radical (unpaired) electrons. The van der Waals surface area contributed by atoms with Gasteiger partial charge in [-0.2, -0.15) is 0 Å². The van der Waals surface area contributed by atoms with Gasteiger partial charge in [-0.05, 0) is 63.5 Å². The summed E-state index contributed by atoms with van der Waals surface area (Å²) < 4.78 is 35.1. The van der Waals surface area contributed by atoms with Crippen LogP contribution < -0.4 is 14.8 Å². The first-order valence-electron chi connectivity index (χ1n) is 13.0. The van der Waals surface area contributed by atoms with Gasteiger partial charge in [0.05, 0.1) is 29.9 Å². The van der Waals surface area contributed by atoms with Gasteiger partial charge < -0.3 is 25.0 Å². The molecule has 0 spiro atoms. The average molecular weight is 557 g/mol. The van der Waals surface area contributed by atoms with Crippen molar-refractivity contribution in [2.75, 3.05) is 57.5 Å². The average Bonchev–Trinajstić information content (AvgIpc) is 2.92. The van der Waals surface area contributed by atoms with Crippen LogP contribution in [0.2, 0.25) is 0 Å². The SMILES string of the molecule is COc1ccc(CCCO)c(Nc2nc3ccccc3nc2NS(=O)(=O)C2CCN(C(=O)CN(C)C)CC2)c1. The van der Waals surface area contributed by atoms with E-state index in [0.717, 1.165) is 5.56 Å². The summed E-state index contributed by atoms with van der Waals surface area (Å²) in [6.07, 6.45) is 1.84. The summed E-state index contributed by atoms with van der Waals surface area (Å²) in [5.74, 6) is 0.966. The van der Waals surface area contributed by atoms with E-state index in [1.54, 1.807) is 23.0 Å². The molecular weight excluding hydrogens is 520 g/mol. The highest BCUT2D eigenvalue weighted by atomic mass is 32.2. The lowest BCUT2D eigenvalue weighted by molar-refractivity contribution is -0.132. The molecule has 210 valence electrons. The van der Waals surface area contributed by atoms with Crippen molar-refractivity contribution in [1.82, 2.24) is 19.8 Å². The number of likely N-dealkylation sites (N-methyl/N-ethyl adjacent to an activating group) is 1. The maximum absolute atomic E-state index is 13.5. The molecule has 1 fully saturated rings. The van der Waals surface area contributed by atoms with E-state index in [9.17, 15) is 18.3 Å². The number of carbonyl (C=O) groups is 1. The summed E-state index contributed by atoms with van der Waals surface area (Å²) in [6.45, 7) is 1.10. The number of aliphatic hydroxyl groups excluding tert-OH is 1. The molecule has 2 aromatic carbocycles. The Bertz CT molecular complexity index is 1410. The summed E-state index contributed by atoms with van der Waals surface area (Å²) in [6, 6.07) is 12.8. The molecule has 0 bridgehead atoms. The molecule has 1 aliphatic rings. The van der Waals surface area contributed by atoms with Crippen LogP contribution in [0.1, 0.15) is 24.8 Å². The van der Waals surface area contributed by atoms with Gasteiger partial charge in [-0.3, -0.25) is 9.52 Å². The van der Waals surface area contributed by atoms with Gasteiger partial charge in [-0.25, -0.2) is 18.4 Å². The summed E-state index contributed by atoms with van der Waals surface area (Å²) in [5, 5.41) is 11.9. The second-order valence-corrected chi connectivity index (χ2v) is 11.8. The van der Waals surface area contributed by atoms with Crippen molar-refractivity contribution in [1.29, 1.82) is 0 Å². The lowest BCUT2D eigenvalue weighted by Gasteiger charge is -2.32. The number of piperidine rings is 1. The number of ether oxygens (including phenoxy) is 1. The number of rotatable bonds is 11. The number of carbonyl (C=O) groups excluding carboxylic acids is 1. The first-order chi connectivity index (χ1) is 18.7. The Morgan fingerprint density at radius 1 is 1.10 bits per heavy atom. The minimum absolute atomic E-state index is 0.00835. The fourth-order valence-electron chi connectivity index (χ4n) is 4.58. The summed E-state index contributed by atoms with van der Waals surface area (Å²) in [7, 11) is 1.40. The van der Waals surface area contributed by atoms with Crippen LogP contribution in [0.15, 0.2) is 42.5 Å². The number of para-hydroxylation sites is 2. The minimum atomic E-state index is -3.83. The summed E-state index contributed by atoms with van der Waals surface area (Å²) >= 11 is 0. The number of methoxy groups -OCH3 is 1. The second kappa shape index (κ2) is 12.6. The number of aryl methyl sites for hydroxylation is 1. The molecule has 0 aliphatic carbocycles. The largest absolute Gasteiger partial charge is 0.497 e. The smallest absolute Gasteiger partial charge is 0.237 e. The monoisotopic (exact) mass is 556 g/mol. The molecule has 0 unspecified atom stereocenters. The number of benzene rings is 2. The molecule has 0 atom stereocenters. The standard InChI is InChI=1S/C27H36N6O5S/c1-32(2)18-25(35)33-14-12-21(13-15-33)39(36,37)31-27-26(28-22-8-4-5-9-23(22)29-27)30-24-17-20(38-3)11-10-19(24)7-6-16-34/h4-5,8-11,17,21,34H,6-7,12-16,18H2,1-3H3,(H,28,30)(H,29,31). The van der Waals surface area contributed by atoms with E-state index in [1.807, 2.05) is 50.5 Å². The van der Waals surface area contributed by atoms with E-state index >= 15 is 0 Å². The van der Waals surface area contributed by atoms with Gasteiger partial charge in [0, 0.05) is 31.5 Å². The van der Waals surface area contributed by atoms with Crippen LogP contribution in [0.3, 0.4) is 0 Å². The highest BCUT2D eigenvalue weighted by molar-refractivity contribution is 7.93. The highest BCUT2D eigenvalue weighted by Crippen LogP contribution is 2.31. The fraction of sp³-hybridized carbons (Fsp3) is 0.444.